The van der Waals surface area contributed by atoms with Crippen molar-refractivity contribution in [1.29, 1.82) is 21.0 Å². The van der Waals surface area contributed by atoms with Crippen LogP contribution in [0.3, 0.4) is 0 Å². The van der Waals surface area contributed by atoms with E-state index < -0.39 is 23.5 Å². The second-order valence-corrected chi connectivity index (χ2v) is 9.99. The zero-order chi connectivity index (χ0) is 31.6. The summed E-state index contributed by atoms with van der Waals surface area (Å²) in [5.41, 5.74) is 1.10. The number of hydrogen-bond acceptors (Lipinski definition) is 4. The fraction of sp³-hybridized carbons (Fsp3) is 0.0588. The molecule has 0 radical (unpaired) electrons. The Balaban J connectivity index is 1.64. The van der Waals surface area contributed by atoms with E-state index in [4.69, 9.17) is 0 Å². The largest absolute Gasteiger partial charge is 0.416 e. The summed E-state index contributed by atoms with van der Waals surface area (Å²) in [7, 11) is 0. The number of fused-ring (bicyclic) bond motifs is 6. The molecule has 4 aromatic carbocycles. The van der Waals surface area contributed by atoms with Crippen molar-refractivity contribution in [3.8, 4) is 57.7 Å². The maximum atomic E-state index is 13.6. The van der Waals surface area contributed by atoms with Gasteiger partial charge in [0.05, 0.1) is 11.1 Å². The minimum Gasteiger partial charge on any atom is -0.192 e. The van der Waals surface area contributed by atoms with E-state index in [-0.39, 0.29) is 39.5 Å². The Morgan fingerprint density at radius 2 is 0.864 bits per heavy atom. The second kappa shape index (κ2) is 9.73. The highest BCUT2D eigenvalue weighted by Crippen LogP contribution is 2.54. The zero-order valence-electron chi connectivity index (χ0n) is 22.0. The van der Waals surface area contributed by atoms with Gasteiger partial charge in [-0.05, 0) is 92.0 Å². The molecule has 4 nitrogen and oxygen atoms in total. The Hall–Kier alpha value is -6.10. The number of alkyl halides is 6. The lowest BCUT2D eigenvalue weighted by molar-refractivity contribution is -0.143. The third-order valence-electron chi connectivity index (χ3n) is 7.63. The molecule has 0 amide bonds. The van der Waals surface area contributed by atoms with E-state index >= 15 is 0 Å². The van der Waals surface area contributed by atoms with Crippen LogP contribution in [0.2, 0.25) is 0 Å². The van der Waals surface area contributed by atoms with Crippen molar-refractivity contribution in [3.63, 3.8) is 0 Å². The van der Waals surface area contributed by atoms with Crippen LogP contribution in [0.15, 0.2) is 83.9 Å². The molecule has 0 aliphatic heterocycles. The van der Waals surface area contributed by atoms with Crippen LogP contribution >= 0.6 is 0 Å². The van der Waals surface area contributed by atoms with Crippen LogP contribution in [0.25, 0.3) is 44.5 Å². The zero-order valence-corrected chi connectivity index (χ0v) is 22.0. The topological polar surface area (TPSA) is 95.2 Å². The molecule has 6 rings (SSSR count). The van der Waals surface area contributed by atoms with Crippen LogP contribution in [0.1, 0.15) is 33.4 Å². The second-order valence-electron chi connectivity index (χ2n) is 9.99. The summed E-state index contributed by atoms with van der Waals surface area (Å²) in [6.07, 6.45) is -10.1. The van der Waals surface area contributed by atoms with Crippen LogP contribution in [-0.2, 0) is 12.4 Å². The highest BCUT2D eigenvalue weighted by Gasteiger charge is 2.38. The van der Waals surface area contributed by atoms with Crippen molar-refractivity contribution < 1.29 is 26.3 Å². The Kier molecular flexibility index (Phi) is 6.20. The van der Waals surface area contributed by atoms with Crippen molar-refractivity contribution in [2.24, 2.45) is 0 Å². The van der Waals surface area contributed by atoms with Gasteiger partial charge in [0.1, 0.15) is 35.4 Å². The Morgan fingerprint density at radius 1 is 0.432 bits per heavy atom. The first-order valence-electron chi connectivity index (χ1n) is 12.7. The SMILES string of the molecule is N#CC(C#N)=C1c2ccccc2-c2cc3c(cc21)-c1ccc(-c2cc(C(F)(F)F)cc(C(F)(F)F)c2)cc1C3=C(C#N)C#N. The Labute approximate surface area is 245 Å². The van der Waals surface area contributed by atoms with Crippen molar-refractivity contribution in [1.82, 2.24) is 0 Å². The van der Waals surface area contributed by atoms with Crippen LogP contribution in [0, 0.1) is 45.3 Å². The van der Waals surface area contributed by atoms with E-state index in [1.165, 1.54) is 18.2 Å². The molecule has 210 valence electrons. The number of benzene rings is 4. The normalized spacial score (nSPS) is 12.6. The molecule has 0 atom stereocenters. The number of nitriles is 4. The molecule has 0 saturated heterocycles. The number of allylic oxidation sites excluding steroid dienone is 2. The van der Waals surface area contributed by atoms with Crippen molar-refractivity contribution >= 4 is 11.1 Å². The highest BCUT2D eigenvalue weighted by molar-refractivity contribution is 6.11. The minimum atomic E-state index is -5.05. The van der Waals surface area contributed by atoms with Crippen molar-refractivity contribution in [3.05, 3.63) is 117 Å². The first-order chi connectivity index (χ1) is 20.9. The first kappa shape index (κ1) is 28.0. The van der Waals surface area contributed by atoms with Gasteiger partial charge in [-0.3, -0.25) is 0 Å². The predicted molar refractivity (Wildman–Crippen MR) is 147 cm³/mol. The summed E-state index contributed by atoms with van der Waals surface area (Å²) in [5, 5.41) is 39.1. The van der Waals surface area contributed by atoms with Gasteiger partial charge in [0, 0.05) is 11.1 Å². The molecule has 4 aromatic rings. The van der Waals surface area contributed by atoms with Crippen molar-refractivity contribution in [2.75, 3.05) is 0 Å². The average molecular weight is 590 g/mol. The molecule has 0 spiro atoms. The van der Waals surface area contributed by atoms with Crippen LogP contribution in [0.4, 0.5) is 26.3 Å². The molecule has 10 heteroatoms. The average Bonchev–Trinajstić information content (AvgIpc) is 3.48. The summed E-state index contributed by atoms with van der Waals surface area (Å²) in [4.78, 5) is 0. The molecule has 2 aliphatic rings. The van der Waals surface area contributed by atoms with Gasteiger partial charge < -0.3 is 0 Å². The van der Waals surface area contributed by atoms with Gasteiger partial charge in [-0.15, -0.1) is 0 Å². The van der Waals surface area contributed by atoms with E-state index in [1.54, 1.807) is 36.4 Å². The van der Waals surface area contributed by atoms with Gasteiger partial charge in [0.15, 0.2) is 0 Å². The number of halogens is 6. The summed E-state index contributed by atoms with van der Waals surface area (Å²) in [6, 6.07) is 23.6. The van der Waals surface area contributed by atoms with Gasteiger partial charge >= 0.3 is 12.4 Å². The smallest absolute Gasteiger partial charge is 0.192 e. The molecule has 0 saturated carbocycles. The molecule has 0 heterocycles. The Bertz CT molecular complexity index is 2130. The predicted octanol–water partition coefficient (Wildman–Crippen LogP) is 9.05. The number of rotatable bonds is 1. The molecule has 0 N–H and O–H groups in total. The van der Waals surface area contributed by atoms with Crippen LogP contribution < -0.4 is 0 Å². The van der Waals surface area contributed by atoms with Crippen molar-refractivity contribution in [2.45, 2.75) is 12.4 Å². The lowest BCUT2D eigenvalue weighted by Gasteiger charge is -2.15. The summed E-state index contributed by atoms with van der Waals surface area (Å²) in [5.74, 6) is 0. The summed E-state index contributed by atoms with van der Waals surface area (Å²) >= 11 is 0. The molecular weight excluding hydrogens is 578 g/mol. The standard InChI is InChI=1S/C34H12F6N4/c35-33(36,37)21-7-18(8-22(10-21)34(38,39)40)17-5-6-24-27-12-29-26(11-30(27)32(28(24)9-17)20(15-43)16-44)23-3-1-2-4-25(23)31(29)19(13-41)14-42/h1-12H. The first-order valence-corrected chi connectivity index (χ1v) is 12.7. The molecular formula is C34H12F6N4. The Morgan fingerprint density at radius 3 is 1.34 bits per heavy atom. The molecule has 0 aromatic heterocycles. The maximum absolute atomic E-state index is 13.6. The fourth-order valence-corrected chi connectivity index (χ4v) is 5.78. The molecule has 44 heavy (non-hydrogen) atoms. The third-order valence-corrected chi connectivity index (χ3v) is 7.63. The molecule has 0 unspecified atom stereocenters. The van der Waals surface area contributed by atoms with Gasteiger partial charge in [-0.2, -0.15) is 47.4 Å². The van der Waals surface area contributed by atoms with Gasteiger partial charge in [0.2, 0.25) is 0 Å². The maximum Gasteiger partial charge on any atom is 0.416 e. The minimum absolute atomic E-state index is 0.00982. The lowest BCUT2D eigenvalue weighted by atomic mass is 9.93. The highest BCUT2D eigenvalue weighted by atomic mass is 19.4. The van der Waals surface area contributed by atoms with Gasteiger partial charge in [-0.25, -0.2) is 0 Å². The van der Waals surface area contributed by atoms with Crippen LogP contribution in [0.5, 0.6) is 0 Å². The monoisotopic (exact) mass is 590 g/mol. The van der Waals surface area contributed by atoms with E-state index in [2.05, 4.69) is 0 Å². The van der Waals surface area contributed by atoms with E-state index in [9.17, 15) is 47.4 Å². The van der Waals surface area contributed by atoms with Gasteiger partial charge in [0.25, 0.3) is 0 Å². The number of nitrogens with zero attached hydrogens (tertiary/aromatic N) is 4. The van der Waals surface area contributed by atoms with E-state index in [0.717, 1.165) is 0 Å². The number of hydrogen-bond donors (Lipinski definition) is 0. The molecule has 2 aliphatic carbocycles. The quantitative estimate of drug-likeness (QED) is 0.141. The summed E-state index contributed by atoms with van der Waals surface area (Å²) < 4.78 is 81.5. The molecule has 0 bridgehead atoms. The van der Waals surface area contributed by atoms with Crippen LogP contribution in [-0.4, -0.2) is 0 Å². The van der Waals surface area contributed by atoms with Gasteiger partial charge in [-0.1, -0.05) is 36.4 Å². The molecule has 0 fully saturated rings. The summed E-state index contributed by atoms with van der Waals surface area (Å²) in [6.45, 7) is 0. The third kappa shape index (κ3) is 4.21. The fourth-order valence-electron chi connectivity index (χ4n) is 5.78. The van der Waals surface area contributed by atoms with E-state index in [0.29, 0.717) is 56.6 Å². The van der Waals surface area contributed by atoms with E-state index in [1.807, 2.05) is 24.3 Å². The lowest BCUT2D eigenvalue weighted by Crippen LogP contribution is -2.11.